The number of benzene rings is 1. The smallest absolute Gasteiger partial charge is 0.387 e. The van der Waals surface area contributed by atoms with Crippen molar-refractivity contribution in [3.05, 3.63) is 48.8 Å². The van der Waals surface area contributed by atoms with Crippen LogP contribution in [0.4, 0.5) is 8.78 Å². The van der Waals surface area contributed by atoms with E-state index >= 15 is 0 Å². The monoisotopic (exact) mass is 209 g/mol. The Kier molecular flexibility index (Phi) is 2.67. The minimum atomic E-state index is -2.78. The summed E-state index contributed by atoms with van der Waals surface area (Å²) in [7, 11) is 0. The third kappa shape index (κ3) is 2.34. The number of hydrogen-bond acceptors (Lipinski definition) is 1. The first-order valence-corrected chi connectivity index (χ1v) is 4.44. The first-order valence-electron chi connectivity index (χ1n) is 4.44. The fourth-order valence-electron chi connectivity index (χ4n) is 1.31. The third-order valence-electron chi connectivity index (χ3n) is 1.96. The lowest BCUT2D eigenvalue weighted by molar-refractivity contribution is -0.0498. The van der Waals surface area contributed by atoms with Crippen LogP contribution in [-0.2, 0) is 0 Å². The molecule has 0 saturated heterocycles. The van der Waals surface area contributed by atoms with Gasteiger partial charge in [-0.25, -0.2) is 0 Å². The molecule has 2 nitrogen and oxygen atoms in total. The summed E-state index contributed by atoms with van der Waals surface area (Å²) in [5.74, 6) is 0.168. The summed E-state index contributed by atoms with van der Waals surface area (Å²) in [5.41, 5.74) is 0.904. The minimum absolute atomic E-state index is 0.168. The summed E-state index contributed by atoms with van der Waals surface area (Å²) < 4.78 is 29.9. The van der Waals surface area contributed by atoms with Crippen molar-refractivity contribution >= 4 is 0 Å². The lowest BCUT2D eigenvalue weighted by Gasteiger charge is -2.06. The van der Waals surface area contributed by atoms with E-state index in [2.05, 4.69) is 4.74 Å². The maximum Gasteiger partial charge on any atom is 0.387 e. The number of nitrogens with zero attached hydrogens (tertiary/aromatic N) is 1. The summed E-state index contributed by atoms with van der Waals surface area (Å²) in [6.07, 6.45) is 3.76. The Morgan fingerprint density at radius 1 is 1.00 bits per heavy atom. The molecule has 0 amide bonds. The predicted molar refractivity (Wildman–Crippen MR) is 52.4 cm³/mol. The molecule has 78 valence electrons. The maximum absolute atomic E-state index is 11.9. The number of alkyl halides is 2. The topological polar surface area (TPSA) is 14.2 Å². The zero-order valence-electron chi connectivity index (χ0n) is 7.81. The molecule has 0 bridgehead atoms. The Morgan fingerprint density at radius 2 is 1.60 bits per heavy atom. The van der Waals surface area contributed by atoms with E-state index in [9.17, 15) is 8.78 Å². The number of ether oxygens (including phenoxy) is 1. The van der Waals surface area contributed by atoms with Crippen molar-refractivity contribution in [1.82, 2.24) is 4.57 Å². The molecule has 1 aromatic heterocycles. The van der Waals surface area contributed by atoms with Gasteiger partial charge in [0.2, 0.25) is 0 Å². The highest BCUT2D eigenvalue weighted by atomic mass is 19.3. The zero-order valence-corrected chi connectivity index (χ0v) is 7.81. The van der Waals surface area contributed by atoms with Crippen LogP contribution in [0.2, 0.25) is 0 Å². The summed E-state index contributed by atoms with van der Waals surface area (Å²) in [4.78, 5) is 0. The van der Waals surface area contributed by atoms with Crippen LogP contribution >= 0.6 is 0 Å². The second kappa shape index (κ2) is 4.13. The van der Waals surface area contributed by atoms with E-state index in [1.807, 2.05) is 29.1 Å². The highest BCUT2D eigenvalue weighted by molar-refractivity contribution is 5.37. The molecular weight excluding hydrogens is 200 g/mol. The van der Waals surface area contributed by atoms with E-state index in [4.69, 9.17) is 0 Å². The first-order chi connectivity index (χ1) is 7.25. The molecule has 0 saturated carbocycles. The van der Waals surface area contributed by atoms with Crippen LogP contribution in [0.25, 0.3) is 5.69 Å². The van der Waals surface area contributed by atoms with Crippen molar-refractivity contribution in [3.63, 3.8) is 0 Å². The Morgan fingerprint density at radius 3 is 2.13 bits per heavy atom. The molecule has 15 heavy (non-hydrogen) atoms. The minimum Gasteiger partial charge on any atom is -0.435 e. The third-order valence-corrected chi connectivity index (χ3v) is 1.96. The molecule has 2 rings (SSSR count). The molecule has 0 N–H and O–H groups in total. The quantitative estimate of drug-likeness (QED) is 0.757. The van der Waals surface area contributed by atoms with Crippen LogP contribution in [0.3, 0.4) is 0 Å². The average molecular weight is 209 g/mol. The molecular formula is C11H9F2NO. The fourth-order valence-corrected chi connectivity index (χ4v) is 1.31. The van der Waals surface area contributed by atoms with Gasteiger partial charge in [-0.15, -0.1) is 0 Å². The summed E-state index contributed by atoms with van der Waals surface area (Å²) in [5, 5.41) is 0. The van der Waals surface area contributed by atoms with E-state index in [1.165, 1.54) is 12.1 Å². The highest BCUT2D eigenvalue weighted by Gasteiger charge is 2.03. The van der Waals surface area contributed by atoms with Crippen LogP contribution in [-0.4, -0.2) is 11.2 Å². The van der Waals surface area contributed by atoms with Gasteiger partial charge in [-0.05, 0) is 36.4 Å². The molecule has 4 heteroatoms. The van der Waals surface area contributed by atoms with Crippen LogP contribution in [0.5, 0.6) is 5.75 Å². The molecule has 0 aliphatic heterocycles. The van der Waals surface area contributed by atoms with E-state index in [0.717, 1.165) is 5.69 Å². The molecule has 0 spiro atoms. The van der Waals surface area contributed by atoms with Crippen LogP contribution in [0, 0.1) is 0 Å². The van der Waals surface area contributed by atoms with Gasteiger partial charge in [-0.3, -0.25) is 0 Å². The molecule has 0 aliphatic rings. The van der Waals surface area contributed by atoms with Crippen molar-refractivity contribution < 1.29 is 13.5 Å². The van der Waals surface area contributed by atoms with Crippen molar-refractivity contribution in [2.24, 2.45) is 0 Å². The highest BCUT2D eigenvalue weighted by Crippen LogP contribution is 2.17. The van der Waals surface area contributed by atoms with Crippen molar-refractivity contribution in [2.75, 3.05) is 0 Å². The molecule has 0 aliphatic carbocycles. The van der Waals surface area contributed by atoms with E-state index < -0.39 is 6.61 Å². The molecule has 0 atom stereocenters. The molecule has 1 aromatic carbocycles. The molecule has 0 radical (unpaired) electrons. The lowest BCUT2D eigenvalue weighted by Crippen LogP contribution is -2.01. The largest absolute Gasteiger partial charge is 0.435 e. The van der Waals surface area contributed by atoms with Crippen molar-refractivity contribution in [2.45, 2.75) is 6.61 Å². The van der Waals surface area contributed by atoms with E-state index in [0.29, 0.717) is 0 Å². The summed E-state index contributed by atoms with van der Waals surface area (Å²) >= 11 is 0. The Bertz CT molecular complexity index is 409. The fraction of sp³-hybridized carbons (Fsp3) is 0.0909. The van der Waals surface area contributed by atoms with Crippen LogP contribution in [0.1, 0.15) is 0 Å². The van der Waals surface area contributed by atoms with Crippen LogP contribution in [0.15, 0.2) is 48.8 Å². The van der Waals surface area contributed by atoms with Gasteiger partial charge in [0.25, 0.3) is 0 Å². The van der Waals surface area contributed by atoms with Gasteiger partial charge in [0.1, 0.15) is 5.75 Å². The number of aromatic nitrogens is 1. The summed E-state index contributed by atoms with van der Waals surface area (Å²) in [6, 6.07) is 10.3. The van der Waals surface area contributed by atoms with Gasteiger partial charge in [0.05, 0.1) is 0 Å². The predicted octanol–water partition coefficient (Wildman–Crippen LogP) is 3.08. The standard InChI is InChI=1S/C11H9F2NO/c12-11(13)15-10-5-3-9(4-6-10)14-7-1-2-8-14/h1-8,11H. The maximum atomic E-state index is 11.9. The second-order valence-corrected chi connectivity index (χ2v) is 2.96. The summed E-state index contributed by atoms with van der Waals surface area (Å²) in [6.45, 7) is -2.78. The van der Waals surface area contributed by atoms with Gasteiger partial charge in [0.15, 0.2) is 0 Å². The van der Waals surface area contributed by atoms with E-state index in [-0.39, 0.29) is 5.75 Å². The van der Waals surface area contributed by atoms with Crippen LogP contribution < -0.4 is 4.74 Å². The zero-order chi connectivity index (χ0) is 10.7. The number of halogens is 2. The number of rotatable bonds is 3. The Hall–Kier alpha value is -1.84. The number of hydrogen-bond donors (Lipinski definition) is 0. The molecule has 2 aromatic rings. The lowest BCUT2D eigenvalue weighted by atomic mass is 10.3. The Balaban J connectivity index is 2.17. The average Bonchev–Trinajstić information content (AvgIpc) is 2.71. The van der Waals surface area contributed by atoms with Gasteiger partial charge in [-0.2, -0.15) is 8.78 Å². The second-order valence-electron chi connectivity index (χ2n) is 2.96. The molecule has 1 heterocycles. The SMILES string of the molecule is FC(F)Oc1ccc(-n2cccc2)cc1. The van der Waals surface area contributed by atoms with Gasteiger partial charge in [-0.1, -0.05) is 0 Å². The normalized spacial score (nSPS) is 10.6. The van der Waals surface area contributed by atoms with Crippen molar-refractivity contribution in [3.8, 4) is 11.4 Å². The molecule has 0 fully saturated rings. The molecule has 0 unspecified atom stereocenters. The Labute approximate surface area is 85.7 Å². The van der Waals surface area contributed by atoms with Gasteiger partial charge < -0.3 is 9.30 Å². The first kappa shape index (κ1) is 9.71. The van der Waals surface area contributed by atoms with Crippen molar-refractivity contribution in [1.29, 1.82) is 0 Å². The van der Waals surface area contributed by atoms with Gasteiger partial charge >= 0.3 is 6.61 Å². The van der Waals surface area contributed by atoms with Gasteiger partial charge in [0, 0.05) is 18.1 Å². The van der Waals surface area contributed by atoms with E-state index in [1.54, 1.807) is 12.1 Å².